The zero-order chi connectivity index (χ0) is 22.2. The molecule has 1 atom stereocenters. The number of sulfonamides is 1. The molecule has 1 N–H and O–H groups in total. The number of piperidine rings is 1. The van der Waals surface area contributed by atoms with E-state index in [1.807, 2.05) is 38.1 Å². The molecule has 1 unspecified atom stereocenters. The minimum absolute atomic E-state index is 0.0324. The molecule has 0 saturated carbocycles. The average molecular weight is 441 g/mol. The van der Waals surface area contributed by atoms with E-state index in [4.69, 9.17) is 0 Å². The Morgan fingerprint density at radius 2 is 2.00 bits per heavy atom. The molecule has 7 nitrogen and oxygen atoms in total. The SMILES string of the molecule is Cc1ccc(S(=O)(=O)N2CCCCC2C)cc1C(=O)N(C)Cc1nc2ccccc2[nH]1. The molecular formula is C23H28N4O3S. The number of aromatic amines is 1. The lowest BCUT2D eigenvalue weighted by Crippen LogP contribution is -2.42. The molecule has 1 aromatic heterocycles. The molecule has 1 aliphatic rings. The fourth-order valence-corrected chi connectivity index (χ4v) is 5.87. The number of carbonyl (C=O) groups excluding carboxylic acids is 1. The molecule has 2 heterocycles. The molecule has 2 aromatic carbocycles. The number of nitrogens with zero attached hydrogens (tertiary/aromatic N) is 3. The van der Waals surface area contributed by atoms with Gasteiger partial charge in [0, 0.05) is 25.2 Å². The normalized spacial score (nSPS) is 17.7. The largest absolute Gasteiger partial charge is 0.340 e. The van der Waals surface area contributed by atoms with Crippen molar-refractivity contribution in [3.05, 3.63) is 59.4 Å². The van der Waals surface area contributed by atoms with Crippen LogP contribution in [0.2, 0.25) is 0 Å². The van der Waals surface area contributed by atoms with Crippen molar-refractivity contribution in [2.24, 2.45) is 0 Å². The van der Waals surface area contributed by atoms with Gasteiger partial charge in [-0.25, -0.2) is 13.4 Å². The van der Waals surface area contributed by atoms with E-state index >= 15 is 0 Å². The number of fused-ring (bicyclic) bond motifs is 1. The second-order valence-corrected chi connectivity index (χ2v) is 10.2. The molecule has 0 aliphatic carbocycles. The number of amides is 1. The highest BCUT2D eigenvalue weighted by molar-refractivity contribution is 7.89. The molecule has 31 heavy (non-hydrogen) atoms. The van der Waals surface area contributed by atoms with Crippen LogP contribution < -0.4 is 0 Å². The van der Waals surface area contributed by atoms with Gasteiger partial charge in [-0.2, -0.15) is 4.31 Å². The van der Waals surface area contributed by atoms with Gasteiger partial charge in [-0.05, 0) is 56.5 Å². The highest BCUT2D eigenvalue weighted by atomic mass is 32.2. The number of para-hydroxylation sites is 2. The lowest BCUT2D eigenvalue weighted by Gasteiger charge is -2.32. The maximum atomic E-state index is 13.2. The lowest BCUT2D eigenvalue weighted by molar-refractivity contribution is 0.0781. The topological polar surface area (TPSA) is 86.4 Å². The van der Waals surface area contributed by atoms with Crippen molar-refractivity contribution in [1.29, 1.82) is 0 Å². The summed E-state index contributed by atoms with van der Waals surface area (Å²) in [6.07, 6.45) is 2.76. The number of carbonyl (C=O) groups is 1. The van der Waals surface area contributed by atoms with E-state index in [9.17, 15) is 13.2 Å². The van der Waals surface area contributed by atoms with E-state index < -0.39 is 10.0 Å². The van der Waals surface area contributed by atoms with E-state index in [-0.39, 0.29) is 16.8 Å². The number of imidazole rings is 1. The van der Waals surface area contributed by atoms with E-state index in [0.29, 0.717) is 24.5 Å². The first-order chi connectivity index (χ1) is 14.8. The van der Waals surface area contributed by atoms with Gasteiger partial charge in [-0.3, -0.25) is 4.79 Å². The Morgan fingerprint density at radius 1 is 1.23 bits per heavy atom. The van der Waals surface area contributed by atoms with Gasteiger partial charge in [0.25, 0.3) is 5.91 Å². The smallest absolute Gasteiger partial charge is 0.254 e. The Morgan fingerprint density at radius 3 is 2.74 bits per heavy atom. The Hall–Kier alpha value is -2.71. The number of H-pyrrole nitrogens is 1. The van der Waals surface area contributed by atoms with Crippen LogP contribution >= 0.6 is 0 Å². The highest BCUT2D eigenvalue weighted by Gasteiger charge is 2.31. The third-order valence-electron chi connectivity index (χ3n) is 5.96. The van der Waals surface area contributed by atoms with Gasteiger partial charge in [-0.15, -0.1) is 0 Å². The van der Waals surface area contributed by atoms with Crippen molar-refractivity contribution in [1.82, 2.24) is 19.2 Å². The molecule has 4 rings (SSSR count). The van der Waals surface area contributed by atoms with Crippen LogP contribution in [-0.4, -0.2) is 53.1 Å². The summed E-state index contributed by atoms with van der Waals surface area (Å²) in [5.74, 6) is 0.447. The number of benzene rings is 2. The summed E-state index contributed by atoms with van der Waals surface area (Å²) in [4.78, 5) is 22.7. The standard InChI is InChI=1S/C23H28N4O3S/c1-16-11-12-18(31(29,30)27-13-7-6-8-17(27)2)14-19(16)23(28)26(3)15-22-24-20-9-4-5-10-21(20)25-22/h4-5,9-12,14,17H,6-8,13,15H2,1-3H3,(H,24,25). The van der Waals surface area contributed by atoms with Gasteiger partial charge >= 0.3 is 0 Å². The molecule has 164 valence electrons. The molecule has 1 amide bonds. The molecule has 1 fully saturated rings. The zero-order valence-corrected chi connectivity index (χ0v) is 18.9. The minimum Gasteiger partial charge on any atom is -0.340 e. The Balaban J connectivity index is 1.59. The number of hydrogen-bond donors (Lipinski definition) is 1. The first-order valence-corrected chi connectivity index (χ1v) is 12.0. The fourth-order valence-electron chi connectivity index (χ4n) is 4.14. The number of aromatic nitrogens is 2. The highest BCUT2D eigenvalue weighted by Crippen LogP contribution is 2.27. The number of hydrogen-bond acceptors (Lipinski definition) is 4. The monoisotopic (exact) mass is 440 g/mol. The predicted octanol–water partition coefficient (Wildman–Crippen LogP) is 3.71. The van der Waals surface area contributed by atoms with Crippen LogP contribution in [0.25, 0.3) is 11.0 Å². The van der Waals surface area contributed by atoms with Crippen LogP contribution in [0.15, 0.2) is 47.4 Å². The van der Waals surface area contributed by atoms with Crippen molar-refractivity contribution >= 4 is 27.0 Å². The molecule has 3 aromatic rings. The first-order valence-electron chi connectivity index (χ1n) is 10.6. The van der Waals surface area contributed by atoms with E-state index in [2.05, 4.69) is 9.97 Å². The van der Waals surface area contributed by atoms with Crippen LogP contribution in [0, 0.1) is 6.92 Å². The van der Waals surface area contributed by atoms with Crippen molar-refractivity contribution in [2.75, 3.05) is 13.6 Å². The van der Waals surface area contributed by atoms with Crippen LogP contribution in [0.5, 0.6) is 0 Å². The van der Waals surface area contributed by atoms with Crippen LogP contribution in [-0.2, 0) is 16.6 Å². The van der Waals surface area contributed by atoms with Gasteiger partial charge in [0.15, 0.2) is 0 Å². The third-order valence-corrected chi connectivity index (χ3v) is 7.97. The maximum absolute atomic E-state index is 13.2. The summed E-state index contributed by atoms with van der Waals surface area (Å²) in [5, 5.41) is 0. The number of nitrogens with one attached hydrogen (secondary N) is 1. The summed E-state index contributed by atoms with van der Waals surface area (Å²) in [5.41, 5.74) is 2.90. The molecule has 1 aliphatic heterocycles. The molecule has 0 spiro atoms. The number of rotatable bonds is 5. The Kier molecular flexibility index (Phi) is 5.85. The van der Waals surface area contributed by atoms with Crippen LogP contribution in [0.1, 0.15) is 47.9 Å². The van der Waals surface area contributed by atoms with Crippen molar-refractivity contribution in [3.63, 3.8) is 0 Å². The van der Waals surface area contributed by atoms with Crippen molar-refractivity contribution in [3.8, 4) is 0 Å². The second-order valence-electron chi connectivity index (χ2n) is 8.30. The molecule has 0 radical (unpaired) electrons. The molecule has 8 heteroatoms. The number of aryl methyl sites for hydroxylation is 1. The summed E-state index contributed by atoms with van der Waals surface area (Å²) in [7, 11) is -1.94. The van der Waals surface area contributed by atoms with Gasteiger partial charge in [-0.1, -0.05) is 24.6 Å². The van der Waals surface area contributed by atoms with Crippen LogP contribution in [0.4, 0.5) is 0 Å². The van der Waals surface area contributed by atoms with E-state index in [1.165, 1.54) is 6.07 Å². The zero-order valence-electron chi connectivity index (χ0n) is 18.1. The summed E-state index contributed by atoms with van der Waals surface area (Å²) >= 11 is 0. The predicted molar refractivity (Wildman–Crippen MR) is 120 cm³/mol. The quantitative estimate of drug-likeness (QED) is 0.655. The van der Waals surface area contributed by atoms with Crippen molar-refractivity contribution < 1.29 is 13.2 Å². The summed E-state index contributed by atoms with van der Waals surface area (Å²) in [6, 6.07) is 12.5. The molecule has 1 saturated heterocycles. The third kappa shape index (κ3) is 4.22. The Labute approximate surface area is 183 Å². The van der Waals surface area contributed by atoms with Gasteiger partial charge in [0.05, 0.1) is 22.5 Å². The van der Waals surface area contributed by atoms with Crippen molar-refractivity contribution in [2.45, 2.75) is 50.6 Å². The van der Waals surface area contributed by atoms with Gasteiger partial charge in [0.2, 0.25) is 10.0 Å². The second kappa shape index (κ2) is 8.43. The lowest BCUT2D eigenvalue weighted by atomic mass is 10.1. The maximum Gasteiger partial charge on any atom is 0.254 e. The van der Waals surface area contributed by atoms with Gasteiger partial charge in [0.1, 0.15) is 5.82 Å². The summed E-state index contributed by atoms with van der Waals surface area (Å²) in [6.45, 7) is 4.58. The average Bonchev–Trinajstić information content (AvgIpc) is 3.15. The van der Waals surface area contributed by atoms with E-state index in [1.54, 1.807) is 28.4 Å². The minimum atomic E-state index is -3.64. The molecule has 0 bridgehead atoms. The Bertz CT molecular complexity index is 1190. The first kappa shape index (κ1) is 21.5. The van der Waals surface area contributed by atoms with Crippen LogP contribution in [0.3, 0.4) is 0 Å². The van der Waals surface area contributed by atoms with Gasteiger partial charge < -0.3 is 9.88 Å². The summed E-state index contributed by atoms with van der Waals surface area (Å²) < 4.78 is 28.0. The molecular weight excluding hydrogens is 412 g/mol. The van der Waals surface area contributed by atoms with E-state index in [0.717, 1.165) is 35.9 Å². The fraction of sp³-hybridized carbons (Fsp3) is 0.391.